The molecule has 3 aliphatic heterocycles. The van der Waals surface area contributed by atoms with E-state index in [2.05, 4.69) is 49.3 Å². The van der Waals surface area contributed by atoms with Crippen LogP contribution >= 0.6 is 0 Å². The zero-order valence-corrected chi connectivity index (χ0v) is 22.0. The predicted molar refractivity (Wildman–Crippen MR) is 135 cm³/mol. The molecule has 0 aromatic rings. The van der Waals surface area contributed by atoms with Gasteiger partial charge in [-0.3, -0.25) is 0 Å². The Labute approximate surface area is 199 Å². The summed E-state index contributed by atoms with van der Waals surface area (Å²) in [7, 11) is 0. The molecule has 0 amide bonds. The van der Waals surface area contributed by atoms with Crippen LogP contribution in [0.25, 0.3) is 0 Å². The maximum atomic E-state index is 6.56. The summed E-state index contributed by atoms with van der Waals surface area (Å²) in [5.74, 6) is 2.68. The van der Waals surface area contributed by atoms with Crippen molar-refractivity contribution in [2.75, 3.05) is 52.4 Å². The van der Waals surface area contributed by atoms with Crippen molar-refractivity contribution in [1.29, 1.82) is 0 Å². The van der Waals surface area contributed by atoms with E-state index in [4.69, 9.17) is 4.74 Å². The highest BCUT2D eigenvalue weighted by Gasteiger charge is 2.39. The lowest BCUT2D eigenvalue weighted by Gasteiger charge is -2.48. The van der Waals surface area contributed by atoms with Gasteiger partial charge in [-0.25, -0.2) is 0 Å². The molecular weight excluding hydrogens is 394 g/mol. The quantitative estimate of drug-likeness (QED) is 0.539. The van der Waals surface area contributed by atoms with Crippen LogP contribution in [-0.4, -0.2) is 85.3 Å². The van der Waals surface area contributed by atoms with Crippen LogP contribution in [0.5, 0.6) is 0 Å². The van der Waals surface area contributed by atoms with Gasteiger partial charge in [-0.1, -0.05) is 34.6 Å². The highest BCUT2D eigenvalue weighted by molar-refractivity contribution is 4.92. The second kappa shape index (κ2) is 11.1. The fraction of sp³-hybridized carbons (Fsp3) is 1.00. The Bertz CT molecular complexity index is 546. The van der Waals surface area contributed by atoms with Crippen molar-refractivity contribution >= 4 is 0 Å². The van der Waals surface area contributed by atoms with Gasteiger partial charge in [-0.15, -0.1) is 0 Å². The largest absolute Gasteiger partial charge is 0.375 e. The van der Waals surface area contributed by atoms with Crippen molar-refractivity contribution in [3.8, 4) is 0 Å². The van der Waals surface area contributed by atoms with Crippen molar-refractivity contribution in [3.63, 3.8) is 0 Å². The fourth-order valence-corrected chi connectivity index (χ4v) is 6.79. The summed E-state index contributed by atoms with van der Waals surface area (Å²) in [6.07, 6.45) is 11.8. The minimum absolute atomic E-state index is 0.449. The summed E-state index contributed by atoms with van der Waals surface area (Å²) < 4.78 is 6.56. The summed E-state index contributed by atoms with van der Waals surface area (Å²) in [6, 6.07) is 0.806. The van der Waals surface area contributed by atoms with Gasteiger partial charge in [0.25, 0.3) is 0 Å². The first kappa shape index (κ1) is 24.9. The zero-order valence-electron chi connectivity index (χ0n) is 22.0. The summed E-state index contributed by atoms with van der Waals surface area (Å²) in [6.45, 7) is 22.4. The lowest BCUT2D eigenvalue weighted by molar-refractivity contribution is -0.108. The Morgan fingerprint density at radius 2 is 1.38 bits per heavy atom. The molecule has 4 nitrogen and oxygen atoms in total. The van der Waals surface area contributed by atoms with Gasteiger partial charge >= 0.3 is 0 Å². The van der Waals surface area contributed by atoms with Crippen LogP contribution in [0.1, 0.15) is 86.0 Å². The van der Waals surface area contributed by atoms with Crippen LogP contribution in [-0.2, 0) is 4.74 Å². The molecule has 4 aliphatic rings. The van der Waals surface area contributed by atoms with Crippen LogP contribution in [0.15, 0.2) is 0 Å². The van der Waals surface area contributed by atoms with E-state index < -0.39 is 0 Å². The average Bonchev–Trinajstić information content (AvgIpc) is 2.77. The molecule has 0 aromatic heterocycles. The number of hydrogen-bond donors (Lipinski definition) is 0. The molecule has 0 spiro atoms. The first-order chi connectivity index (χ1) is 15.3. The van der Waals surface area contributed by atoms with Gasteiger partial charge < -0.3 is 19.4 Å². The number of rotatable bonds is 7. The second-order valence-corrected chi connectivity index (χ2v) is 12.8. The first-order valence-corrected chi connectivity index (χ1v) is 14.2. The van der Waals surface area contributed by atoms with E-state index in [0.717, 1.165) is 23.8 Å². The predicted octanol–water partition coefficient (Wildman–Crippen LogP) is 5.12. The maximum Gasteiger partial charge on any atom is 0.0608 e. The normalized spacial score (nSPS) is 32.2. The molecule has 1 saturated carbocycles. The Balaban J connectivity index is 1.08. The highest BCUT2D eigenvalue weighted by atomic mass is 16.5. The van der Waals surface area contributed by atoms with Crippen LogP contribution in [0.4, 0.5) is 0 Å². The Hall–Kier alpha value is -0.160. The minimum atomic E-state index is 0.449. The van der Waals surface area contributed by atoms with E-state index >= 15 is 0 Å². The third-order valence-corrected chi connectivity index (χ3v) is 9.82. The third kappa shape index (κ3) is 6.49. The second-order valence-electron chi connectivity index (χ2n) is 12.8. The van der Waals surface area contributed by atoms with E-state index in [9.17, 15) is 0 Å². The van der Waals surface area contributed by atoms with Crippen LogP contribution in [0, 0.1) is 23.2 Å². The number of ether oxygens (including phenoxy) is 1. The van der Waals surface area contributed by atoms with Gasteiger partial charge in [0.05, 0.1) is 12.2 Å². The van der Waals surface area contributed by atoms with E-state index in [1.807, 2.05) is 0 Å². The molecule has 4 fully saturated rings. The van der Waals surface area contributed by atoms with Crippen molar-refractivity contribution in [2.24, 2.45) is 23.2 Å². The van der Waals surface area contributed by atoms with E-state index in [1.165, 1.54) is 104 Å². The number of hydrogen-bond acceptors (Lipinski definition) is 4. The van der Waals surface area contributed by atoms with Crippen molar-refractivity contribution in [1.82, 2.24) is 14.7 Å². The molecule has 1 aliphatic carbocycles. The van der Waals surface area contributed by atoms with E-state index in [0.29, 0.717) is 17.6 Å². The van der Waals surface area contributed by atoms with Crippen molar-refractivity contribution < 1.29 is 4.74 Å². The smallest absolute Gasteiger partial charge is 0.0608 e. The molecule has 0 N–H and O–H groups in total. The molecule has 1 unspecified atom stereocenters. The molecule has 4 heteroatoms. The fourth-order valence-electron chi connectivity index (χ4n) is 6.79. The molecular formula is C28H53N3O. The van der Waals surface area contributed by atoms with Crippen molar-refractivity contribution in [2.45, 2.75) is 104 Å². The van der Waals surface area contributed by atoms with Crippen LogP contribution < -0.4 is 0 Å². The van der Waals surface area contributed by atoms with Crippen molar-refractivity contribution in [3.05, 3.63) is 0 Å². The Kier molecular flexibility index (Phi) is 8.62. The van der Waals surface area contributed by atoms with Gasteiger partial charge in [0, 0.05) is 25.7 Å². The van der Waals surface area contributed by atoms with Gasteiger partial charge in [-0.05, 0) is 107 Å². The standard InChI is InChI=1S/C28H53N3O/c1-6-29-13-7-23(8-14-29)21-30-15-11-26(12-16-30)32-27-19-25(20-27)31-17-9-24(10-18-31)22(2)28(3,4)5/h22-27H,6-21H2,1-5H3. The van der Waals surface area contributed by atoms with Gasteiger partial charge in [0.2, 0.25) is 0 Å². The molecule has 32 heavy (non-hydrogen) atoms. The van der Waals surface area contributed by atoms with Gasteiger partial charge in [0.1, 0.15) is 0 Å². The first-order valence-electron chi connectivity index (χ1n) is 14.2. The number of nitrogens with zero attached hydrogens (tertiary/aromatic N) is 3. The number of likely N-dealkylation sites (tertiary alicyclic amines) is 3. The maximum absolute atomic E-state index is 6.56. The topological polar surface area (TPSA) is 19.0 Å². The minimum Gasteiger partial charge on any atom is -0.375 e. The number of piperidine rings is 3. The Morgan fingerprint density at radius 3 is 1.94 bits per heavy atom. The molecule has 3 saturated heterocycles. The molecule has 0 aromatic carbocycles. The average molecular weight is 448 g/mol. The van der Waals surface area contributed by atoms with Gasteiger partial charge in [-0.2, -0.15) is 0 Å². The summed E-state index contributed by atoms with van der Waals surface area (Å²) >= 11 is 0. The lowest BCUT2D eigenvalue weighted by Crippen LogP contribution is -2.52. The Morgan fingerprint density at radius 1 is 0.781 bits per heavy atom. The van der Waals surface area contributed by atoms with E-state index in [1.54, 1.807) is 0 Å². The van der Waals surface area contributed by atoms with Crippen LogP contribution in [0.3, 0.4) is 0 Å². The summed E-state index contributed by atoms with van der Waals surface area (Å²) in [4.78, 5) is 8.13. The lowest BCUT2D eigenvalue weighted by atomic mass is 9.71. The van der Waals surface area contributed by atoms with Gasteiger partial charge in [0.15, 0.2) is 0 Å². The molecule has 0 bridgehead atoms. The summed E-state index contributed by atoms with van der Waals surface area (Å²) in [5.41, 5.74) is 0.449. The zero-order chi connectivity index (χ0) is 22.7. The molecule has 186 valence electrons. The van der Waals surface area contributed by atoms with E-state index in [-0.39, 0.29) is 0 Å². The third-order valence-electron chi connectivity index (χ3n) is 9.82. The molecule has 1 atom stereocenters. The molecule has 3 heterocycles. The highest BCUT2D eigenvalue weighted by Crippen LogP contribution is 2.39. The summed E-state index contributed by atoms with van der Waals surface area (Å²) in [5, 5.41) is 0. The monoisotopic (exact) mass is 447 g/mol. The molecule has 4 rings (SSSR count). The molecule has 0 radical (unpaired) electrons. The SMILES string of the molecule is CCN1CCC(CN2CCC(OC3CC(N4CCC(C(C)C(C)(C)C)CC4)C3)CC2)CC1. The van der Waals surface area contributed by atoms with Crippen LogP contribution in [0.2, 0.25) is 0 Å².